The highest BCUT2D eigenvalue weighted by Gasteiger charge is 2.47. The van der Waals surface area contributed by atoms with E-state index in [1.165, 1.54) is 4.90 Å². The summed E-state index contributed by atoms with van der Waals surface area (Å²) in [7, 11) is -5.65. The summed E-state index contributed by atoms with van der Waals surface area (Å²) in [5.74, 6) is -0.362. The maximum atomic E-state index is 12.7. The monoisotopic (exact) mass is 351 g/mol. The quantitative estimate of drug-likeness (QED) is 0.667. The Morgan fingerprint density at radius 1 is 1.09 bits per heavy atom. The molecule has 0 aliphatic carbocycles. The van der Waals surface area contributed by atoms with Gasteiger partial charge in [0.1, 0.15) is 0 Å². The molecule has 9 heteroatoms. The smallest absolute Gasteiger partial charge is 0.337 e. The van der Waals surface area contributed by atoms with E-state index in [1.54, 1.807) is 58.0 Å². The van der Waals surface area contributed by atoms with Crippen LogP contribution in [0.25, 0.3) is 0 Å². The number of nitrogens with one attached hydrogen (secondary N) is 1. The van der Waals surface area contributed by atoms with Gasteiger partial charge in [-0.15, -0.1) is 4.40 Å². The number of hydrogen-bond donors (Lipinski definition) is 1. The molecule has 0 aromatic heterocycles. The van der Waals surface area contributed by atoms with Crippen LogP contribution in [0.2, 0.25) is 0 Å². The van der Waals surface area contributed by atoms with Gasteiger partial charge < -0.3 is 10.2 Å². The molecule has 0 bridgehead atoms. The highest BCUT2D eigenvalue weighted by atomic mass is 32.2. The summed E-state index contributed by atoms with van der Waals surface area (Å²) >= 11 is 0. The summed E-state index contributed by atoms with van der Waals surface area (Å²) in [6.07, 6.45) is 0. The van der Waals surface area contributed by atoms with Crippen LogP contribution in [0.4, 0.5) is 18.9 Å². The summed E-state index contributed by atoms with van der Waals surface area (Å²) in [6, 6.07) is 7.78. The van der Waals surface area contributed by atoms with Crippen LogP contribution in [-0.2, 0) is 10.0 Å². The Hall–Kier alpha value is -1.77. The molecule has 0 heterocycles. The first-order valence-corrected chi connectivity index (χ1v) is 8.41. The molecule has 0 unspecified atom stereocenters. The summed E-state index contributed by atoms with van der Waals surface area (Å²) in [5, 5.41) is 2.67. The van der Waals surface area contributed by atoms with Crippen molar-refractivity contribution in [2.45, 2.75) is 45.3 Å². The molecular formula is C14H20F3N3O2S. The van der Waals surface area contributed by atoms with Gasteiger partial charge in [0.2, 0.25) is 5.96 Å². The lowest BCUT2D eigenvalue weighted by Gasteiger charge is -2.33. The topological polar surface area (TPSA) is 61.8 Å². The Morgan fingerprint density at radius 2 is 1.57 bits per heavy atom. The van der Waals surface area contributed by atoms with Gasteiger partial charge in [-0.2, -0.15) is 21.6 Å². The largest absolute Gasteiger partial charge is 0.518 e. The van der Waals surface area contributed by atoms with E-state index >= 15 is 0 Å². The van der Waals surface area contributed by atoms with Gasteiger partial charge in [-0.1, -0.05) is 18.2 Å². The molecule has 130 valence electrons. The Kier molecular flexibility index (Phi) is 6.04. The van der Waals surface area contributed by atoms with E-state index in [0.29, 0.717) is 5.69 Å². The third kappa shape index (κ3) is 5.12. The van der Waals surface area contributed by atoms with E-state index < -0.39 is 15.5 Å². The summed E-state index contributed by atoms with van der Waals surface area (Å²) in [5.41, 5.74) is -5.01. The van der Waals surface area contributed by atoms with Gasteiger partial charge in [0.15, 0.2) is 0 Å². The number of halogens is 3. The van der Waals surface area contributed by atoms with Crippen molar-refractivity contribution < 1.29 is 21.6 Å². The maximum absolute atomic E-state index is 12.7. The van der Waals surface area contributed by atoms with Crippen LogP contribution in [0.3, 0.4) is 0 Å². The van der Waals surface area contributed by atoms with E-state index in [2.05, 4.69) is 9.71 Å². The van der Waals surface area contributed by atoms with Crippen molar-refractivity contribution in [1.82, 2.24) is 4.90 Å². The van der Waals surface area contributed by atoms with E-state index in [4.69, 9.17) is 0 Å². The van der Waals surface area contributed by atoms with Gasteiger partial charge in [-0.3, -0.25) is 0 Å². The van der Waals surface area contributed by atoms with Crippen LogP contribution < -0.4 is 5.32 Å². The zero-order valence-electron chi connectivity index (χ0n) is 13.3. The molecule has 0 saturated carbocycles. The highest BCUT2D eigenvalue weighted by Crippen LogP contribution is 2.25. The number of benzene rings is 1. The molecule has 1 rings (SSSR count). The standard InChI is InChI=1S/C14H20F3N3O2S/c1-10(2)20(11(3)4)13(18-12-8-6-5-7-9-12)19-23(21,22)14(15,16)17/h5-11H,1-4H3,(H,18,19). The van der Waals surface area contributed by atoms with Crippen LogP contribution >= 0.6 is 0 Å². The number of hydrogen-bond acceptors (Lipinski definition) is 2. The van der Waals surface area contributed by atoms with Gasteiger partial charge in [-0.05, 0) is 39.8 Å². The van der Waals surface area contributed by atoms with Crippen molar-refractivity contribution in [2.24, 2.45) is 4.40 Å². The summed E-state index contributed by atoms with van der Waals surface area (Å²) < 4.78 is 63.8. The van der Waals surface area contributed by atoms with E-state index in [9.17, 15) is 21.6 Å². The molecule has 5 nitrogen and oxygen atoms in total. The first kappa shape index (κ1) is 19.3. The number of alkyl halides is 3. The molecule has 0 aliphatic heterocycles. The fraction of sp³-hybridized carbons (Fsp3) is 0.500. The average Bonchev–Trinajstić information content (AvgIpc) is 2.36. The SMILES string of the molecule is CC(C)N(/C(=N\S(=O)(=O)C(F)(F)F)Nc1ccccc1)C(C)C. The zero-order valence-corrected chi connectivity index (χ0v) is 14.1. The second kappa shape index (κ2) is 7.20. The van der Waals surface area contributed by atoms with Gasteiger partial charge in [0, 0.05) is 17.8 Å². The van der Waals surface area contributed by atoms with Crippen LogP contribution in [0.1, 0.15) is 27.7 Å². The lowest BCUT2D eigenvalue weighted by molar-refractivity contribution is -0.0435. The average molecular weight is 351 g/mol. The second-order valence-corrected chi connectivity index (χ2v) is 7.02. The number of nitrogens with zero attached hydrogens (tertiary/aromatic N) is 2. The molecule has 0 fully saturated rings. The van der Waals surface area contributed by atoms with Gasteiger partial charge in [0.25, 0.3) is 0 Å². The molecule has 0 aliphatic rings. The minimum Gasteiger partial charge on any atom is -0.337 e. The Labute approximate surface area is 134 Å². The first-order valence-electron chi connectivity index (χ1n) is 6.97. The van der Waals surface area contributed by atoms with Crippen molar-refractivity contribution in [3.63, 3.8) is 0 Å². The predicted molar refractivity (Wildman–Crippen MR) is 84.6 cm³/mol. The van der Waals surface area contributed by atoms with Gasteiger partial charge >= 0.3 is 15.5 Å². The van der Waals surface area contributed by atoms with Crippen LogP contribution in [0.5, 0.6) is 0 Å². The molecule has 1 N–H and O–H groups in total. The Bertz CT molecular complexity index is 633. The van der Waals surface area contributed by atoms with Crippen molar-refractivity contribution in [3.05, 3.63) is 30.3 Å². The second-order valence-electron chi connectivity index (χ2n) is 5.42. The van der Waals surface area contributed by atoms with Crippen LogP contribution in [-0.4, -0.2) is 36.9 Å². The third-order valence-electron chi connectivity index (χ3n) is 2.89. The minimum absolute atomic E-state index is 0.256. The zero-order chi connectivity index (χ0) is 17.8. The normalized spacial score (nSPS) is 13.5. The minimum atomic E-state index is -5.65. The summed E-state index contributed by atoms with van der Waals surface area (Å²) in [6.45, 7) is 6.95. The first-order chi connectivity index (χ1) is 10.5. The van der Waals surface area contributed by atoms with Crippen molar-refractivity contribution >= 4 is 21.7 Å². The number of para-hydroxylation sites is 1. The molecule has 0 saturated heterocycles. The van der Waals surface area contributed by atoms with Crippen molar-refractivity contribution in [3.8, 4) is 0 Å². The number of sulfonamides is 1. The number of anilines is 1. The number of rotatable bonds is 4. The molecule has 0 radical (unpaired) electrons. The maximum Gasteiger partial charge on any atom is 0.518 e. The van der Waals surface area contributed by atoms with Crippen molar-refractivity contribution in [2.75, 3.05) is 5.32 Å². The summed E-state index contributed by atoms with van der Waals surface area (Å²) in [4.78, 5) is 1.47. The van der Waals surface area contributed by atoms with E-state index in [-0.39, 0.29) is 18.0 Å². The number of guanidine groups is 1. The molecular weight excluding hydrogens is 331 g/mol. The van der Waals surface area contributed by atoms with E-state index in [0.717, 1.165) is 0 Å². The molecule has 0 atom stereocenters. The van der Waals surface area contributed by atoms with Crippen molar-refractivity contribution in [1.29, 1.82) is 0 Å². The lowest BCUT2D eigenvalue weighted by Crippen LogP contribution is -2.46. The molecule has 0 amide bonds. The fourth-order valence-electron chi connectivity index (χ4n) is 2.04. The molecule has 23 heavy (non-hydrogen) atoms. The third-order valence-corrected chi connectivity index (χ3v) is 3.88. The van der Waals surface area contributed by atoms with Gasteiger partial charge in [-0.25, -0.2) is 0 Å². The Morgan fingerprint density at radius 3 is 1.96 bits per heavy atom. The van der Waals surface area contributed by atoms with Crippen LogP contribution in [0.15, 0.2) is 34.7 Å². The molecule has 1 aromatic carbocycles. The predicted octanol–water partition coefficient (Wildman–Crippen LogP) is 3.42. The molecule has 1 aromatic rings. The van der Waals surface area contributed by atoms with Crippen LogP contribution in [0, 0.1) is 0 Å². The highest BCUT2D eigenvalue weighted by molar-refractivity contribution is 7.91. The molecule has 0 spiro atoms. The van der Waals surface area contributed by atoms with E-state index in [1.807, 2.05) is 0 Å². The lowest BCUT2D eigenvalue weighted by atomic mass is 10.2. The fourth-order valence-corrected chi connectivity index (χ4v) is 2.51. The van der Waals surface area contributed by atoms with Gasteiger partial charge in [0.05, 0.1) is 0 Å². The Balaban J connectivity index is 3.37.